The van der Waals surface area contributed by atoms with Crippen LogP contribution in [0.2, 0.25) is 0 Å². The Hall–Kier alpha value is -2.18. The highest BCUT2D eigenvalue weighted by Gasteiger charge is 2.24. The van der Waals surface area contributed by atoms with E-state index in [4.69, 9.17) is 17.0 Å². The molecule has 2 aromatic rings. The summed E-state index contributed by atoms with van der Waals surface area (Å²) in [6.07, 6.45) is 3.68. The maximum atomic E-state index is 5.73. The number of nitrogens with one attached hydrogen (secondary N) is 1. The Morgan fingerprint density at radius 2 is 2.13 bits per heavy atom. The summed E-state index contributed by atoms with van der Waals surface area (Å²) in [7, 11) is 0. The fourth-order valence-corrected chi connectivity index (χ4v) is 2.81. The third-order valence-electron chi connectivity index (χ3n) is 3.63. The van der Waals surface area contributed by atoms with Gasteiger partial charge in [0, 0.05) is 18.9 Å². The van der Waals surface area contributed by atoms with E-state index < -0.39 is 0 Å². The lowest BCUT2D eigenvalue weighted by Crippen LogP contribution is -2.56. The Labute approximate surface area is 141 Å². The summed E-state index contributed by atoms with van der Waals surface area (Å²) in [6, 6.07) is 12.0. The summed E-state index contributed by atoms with van der Waals surface area (Å²) in [5.74, 6) is 0.849. The van der Waals surface area contributed by atoms with Crippen LogP contribution in [0.25, 0.3) is 0 Å². The van der Waals surface area contributed by atoms with Gasteiger partial charge in [0.2, 0.25) is 0 Å². The van der Waals surface area contributed by atoms with Gasteiger partial charge in [0.1, 0.15) is 5.75 Å². The molecular weight excluding hydrogens is 308 g/mol. The first-order valence-electron chi connectivity index (χ1n) is 7.66. The quantitative estimate of drug-likeness (QED) is 0.851. The summed E-state index contributed by atoms with van der Waals surface area (Å²) in [5, 5.41) is 4.00. The summed E-state index contributed by atoms with van der Waals surface area (Å²) in [6.45, 7) is 4.87. The van der Waals surface area contributed by atoms with E-state index in [0.29, 0.717) is 13.3 Å². The lowest BCUT2D eigenvalue weighted by atomic mass is 10.2. The molecule has 1 aliphatic heterocycles. The molecule has 0 unspecified atom stereocenters. The van der Waals surface area contributed by atoms with Crippen molar-refractivity contribution in [3.63, 3.8) is 0 Å². The van der Waals surface area contributed by atoms with E-state index in [1.54, 1.807) is 6.20 Å². The topological polar surface area (TPSA) is 40.6 Å². The fraction of sp³-hybridized carbons (Fsp3) is 0.294. The van der Waals surface area contributed by atoms with Gasteiger partial charge in [-0.15, -0.1) is 0 Å². The van der Waals surface area contributed by atoms with E-state index in [0.717, 1.165) is 29.8 Å². The largest absolute Gasteiger partial charge is 0.492 e. The summed E-state index contributed by atoms with van der Waals surface area (Å²) in [5.41, 5.74) is 2.17. The average Bonchev–Trinajstić information content (AvgIpc) is 2.59. The molecule has 23 heavy (non-hydrogen) atoms. The monoisotopic (exact) mass is 328 g/mol. The number of hydrogen-bond donors (Lipinski definition) is 1. The molecule has 120 valence electrons. The Morgan fingerprint density at radius 3 is 2.91 bits per heavy atom. The van der Waals surface area contributed by atoms with Crippen molar-refractivity contribution in [1.82, 2.24) is 15.2 Å². The van der Waals surface area contributed by atoms with Crippen LogP contribution in [0, 0.1) is 0 Å². The van der Waals surface area contributed by atoms with Crippen molar-refractivity contribution < 1.29 is 4.74 Å². The number of rotatable bonds is 5. The summed E-state index contributed by atoms with van der Waals surface area (Å²) in [4.78, 5) is 8.52. The van der Waals surface area contributed by atoms with Crippen LogP contribution in [-0.4, -0.2) is 34.9 Å². The number of hydrogen-bond acceptors (Lipinski definition) is 4. The number of thiocarbonyl (C=S) groups is 1. The van der Waals surface area contributed by atoms with Crippen LogP contribution in [0.1, 0.15) is 12.5 Å². The van der Waals surface area contributed by atoms with E-state index >= 15 is 0 Å². The third kappa shape index (κ3) is 3.78. The number of anilines is 1. The third-order valence-corrected chi connectivity index (χ3v) is 3.99. The fourth-order valence-electron chi connectivity index (χ4n) is 2.59. The van der Waals surface area contributed by atoms with Gasteiger partial charge in [0.05, 0.1) is 25.6 Å². The van der Waals surface area contributed by atoms with Gasteiger partial charge < -0.3 is 15.0 Å². The molecule has 1 aliphatic rings. The van der Waals surface area contributed by atoms with Crippen molar-refractivity contribution in [1.29, 1.82) is 0 Å². The molecule has 6 heteroatoms. The van der Waals surface area contributed by atoms with Crippen LogP contribution in [0.5, 0.6) is 5.75 Å². The van der Waals surface area contributed by atoms with Gasteiger partial charge in [-0.05, 0) is 42.9 Å². The van der Waals surface area contributed by atoms with Crippen molar-refractivity contribution in [2.75, 3.05) is 24.8 Å². The molecule has 1 aromatic carbocycles. The van der Waals surface area contributed by atoms with E-state index in [1.807, 2.05) is 43.5 Å². The Kier molecular flexibility index (Phi) is 5.05. The van der Waals surface area contributed by atoms with Crippen LogP contribution in [-0.2, 0) is 6.54 Å². The minimum atomic E-state index is 0.629. The van der Waals surface area contributed by atoms with Gasteiger partial charge in [-0.1, -0.05) is 18.2 Å². The van der Waals surface area contributed by atoms with Crippen LogP contribution < -0.4 is 15.0 Å². The molecule has 0 aliphatic carbocycles. The molecule has 3 rings (SSSR count). The number of benzene rings is 1. The van der Waals surface area contributed by atoms with Crippen LogP contribution in [0.3, 0.4) is 0 Å². The lowest BCUT2D eigenvalue weighted by molar-refractivity contribution is 0.251. The van der Waals surface area contributed by atoms with Crippen molar-refractivity contribution in [3.05, 3.63) is 54.4 Å². The highest BCUT2D eigenvalue weighted by molar-refractivity contribution is 7.80. The first-order chi connectivity index (χ1) is 11.3. The van der Waals surface area contributed by atoms with Crippen molar-refractivity contribution in [2.45, 2.75) is 13.5 Å². The second kappa shape index (κ2) is 7.39. The molecule has 0 atom stereocenters. The molecule has 1 N–H and O–H groups in total. The highest BCUT2D eigenvalue weighted by atomic mass is 32.1. The molecule has 0 saturated carbocycles. The zero-order chi connectivity index (χ0) is 16.1. The smallest absolute Gasteiger partial charge is 0.175 e. The molecule has 0 radical (unpaired) electrons. The van der Waals surface area contributed by atoms with Gasteiger partial charge in [-0.2, -0.15) is 0 Å². The van der Waals surface area contributed by atoms with E-state index in [-0.39, 0.29) is 0 Å². The zero-order valence-corrected chi connectivity index (χ0v) is 13.9. The second-order valence-electron chi connectivity index (χ2n) is 5.30. The first-order valence-corrected chi connectivity index (χ1v) is 8.07. The number of nitrogens with zero attached hydrogens (tertiary/aromatic N) is 3. The molecule has 0 bridgehead atoms. The van der Waals surface area contributed by atoms with Crippen LogP contribution in [0.4, 0.5) is 5.69 Å². The molecule has 5 nitrogen and oxygen atoms in total. The van der Waals surface area contributed by atoms with Crippen LogP contribution in [0.15, 0.2) is 48.8 Å². The Bertz CT molecular complexity index is 665. The number of ether oxygens (including phenoxy) is 1. The first kappa shape index (κ1) is 15.7. The van der Waals surface area contributed by atoms with Crippen LogP contribution >= 0.6 is 12.2 Å². The predicted octanol–water partition coefficient (Wildman–Crippen LogP) is 2.59. The predicted molar refractivity (Wildman–Crippen MR) is 95.3 cm³/mol. The van der Waals surface area contributed by atoms with E-state index in [2.05, 4.69) is 26.2 Å². The highest BCUT2D eigenvalue weighted by Crippen LogP contribution is 2.29. The standard InChI is InChI=1S/C17H20N4OS/c1-2-22-16-8-4-3-7-15(16)21-13-20(12-19-17(21)23)11-14-6-5-9-18-10-14/h3-10H,2,11-13H2,1H3,(H,19,23). The van der Waals surface area contributed by atoms with Gasteiger partial charge in [-0.25, -0.2) is 0 Å². The molecule has 1 fully saturated rings. The zero-order valence-electron chi connectivity index (χ0n) is 13.1. The molecule has 1 saturated heterocycles. The van der Waals surface area contributed by atoms with E-state index in [9.17, 15) is 0 Å². The minimum absolute atomic E-state index is 0.629. The van der Waals surface area contributed by atoms with Gasteiger partial charge in [0.15, 0.2) is 5.11 Å². The normalized spacial score (nSPS) is 15.3. The van der Waals surface area contributed by atoms with E-state index in [1.165, 1.54) is 5.56 Å². The van der Waals surface area contributed by atoms with Crippen molar-refractivity contribution in [2.24, 2.45) is 0 Å². The Balaban J connectivity index is 1.77. The van der Waals surface area contributed by atoms with Crippen molar-refractivity contribution >= 4 is 23.0 Å². The minimum Gasteiger partial charge on any atom is -0.492 e. The Morgan fingerprint density at radius 1 is 1.26 bits per heavy atom. The molecule has 0 spiro atoms. The number of pyridine rings is 1. The molecular formula is C17H20N4OS. The molecule has 2 heterocycles. The van der Waals surface area contributed by atoms with Gasteiger partial charge >= 0.3 is 0 Å². The SMILES string of the molecule is CCOc1ccccc1N1CN(Cc2cccnc2)CNC1=S. The second-order valence-corrected chi connectivity index (χ2v) is 5.69. The van der Waals surface area contributed by atoms with Gasteiger partial charge in [-0.3, -0.25) is 9.88 Å². The van der Waals surface area contributed by atoms with Crippen molar-refractivity contribution in [3.8, 4) is 5.75 Å². The maximum Gasteiger partial charge on any atom is 0.175 e. The number of aromatic nitrogens is 1. The molecule has 0 amide bonds. The van der Waals surface area contributed by atoms with Gasteiger partial charge in [0.25, 0.3) is 0 Å². The maximum absolute atomic E-state index is 5.73. The average molecular weight is 328 g/mol. The number of para-hydroxylation sites is 2. The summed E-state index contributed by atoms with van der Waals surface area (Å²) < 4.78 is 5.73. The molecule has 1 aromatic heterocycles. The lowest BCUT2D eigenvalue weighted by Gasteiger charge is -2.38. The summed E-state index contributed by atoms with van der Waals surface area (Å²) >= 11 is 5.49.